The van der Waals surface area contributed by atoms with Crippen LogP contribution in [0.1, 0.15) is 36.0 Å². The van der Waals surface area contributed by atoms with Crippen molar-refractivity contribution in [1.29, 1.82) is 0 Å². The third-order valence-electron chi connectivity index (χ3n) is 4.02. The number of benzene rings is 1. The number of rotatable bonds is 5. The number of hydrogen-bond donors (Lipinski definition) is 2. The van der Waals surface area contributed by atoms with Gasteiger partial charge < -0.3 is 11.1 Å². The van der Waals surface area contributed by atoms with Gasteiger partial charge in [0.05, 0.1) is 4.90 Å². The van der Waals surface area contributed by atoms with E-state index in [1.165, 1.54) is 31.3 Å². The highest BCUT2D eigenvalue weighted by Gasteiger charge is 2.32. The van der Waals surface area contributed by atoms with Crippen molar-refractivity contribution in [3.8, 4) is 0 Å². The Bertz CT molecular complexity index is 617. The summed E-state index contributed by atoms with van der Waals surface area (Å²) in [6.07, 6.45) is 3.44. The van der Waals surface area contributed by atoms with Crippen molar-refractivity contribution in [2.45, 2.75) is 36.6 Å². The van der Waals surface area contributed by atoms with Crippen molar-refractivity contribution < 1.29 is 13.2 Å². The van der Waals surface area contributed by atoms with Gasteiger partial charge in [0.25, 0.3) is 5.91 Å². The summed E-state index contributed by atoms with van der Waals surface area (Å²) in [7, 11) is -2.00. The van der Waals surface area contributed by atoms with E-state index in [4.69, 9.17) is 5.73 Å². The normalized spacial score (nSPS) is 19.0. The van der Waals surface area contributed by atoms with Crippen LogP contribution < -0.4 is 11.1 Å². The summed E-state index contributed by atoms with van der Waals surface area (Å²) in [6.45, 7) is 1.01. The molecule has 23 heavy (non-hydrogen) atoms. The molecule has 1 aliphatic heterocycles. The fraction of sp³-hybridized carbons (Fsp3) is 0.533. The molecule has 0 aromatic heterocycles. The Labute approximate surface area is 143 Å². The fourth-order valence-electron chi connectivity index (χ4n) is 2.83. The Hall–Kier alpha value is -1.15. The van der Waals surface area contributed by atoms with E-state index in [2.05, 4.69) is 5.32 Å². The predicted molar refractivity (Wildman–Crippen MR) is 92.3 cm³/mol. The van der Waals surface area contributed by atoms with Crippen LogP contribution in [0, 0.1) is 0 Å². The van der Waals surface area contributed by atoms with E-state index in [-0.39, 0.29) is 29.3 Å². The standard InChI is InChI=1S/C15H23N3O3S.ClH/c1-17-15(19)12-5-7-14(8-6-12)22(20,21)18-11-3-2-4-13(18)9-10-16;/h5-8,13H,2-4,9-11,16H2,1H3,(H,17,19);1H. The van der Waals surface area contributed by atoms with Crippen LogP contribution in [0.15, 0.2) is 29.2 Å². The minimum absolute atomic E-state index is 0. The number of nitrogens with two attached hydrogens (primary N) is 1. The Kier molecular flexibility index (Phi) is 7.47. The van der Waals surface area contributed by atoms with Crippen LogP contribution in [0.2, 0.25) is 0 Å². The highest BCUT2D eigenvalue weighted by Crippen LogP contribution is 2.27. The molecule has 8 heteroatoms. The third kappa shape index (κ3) is 4.44. The van der Waals surface area contributed by atoms with Crippen LogP contribution in [0.25, 0.3) is 0 Å². The summed E-state index contributed by atoms with van der Waals surface area (Å²) in [6, 6.07) is 6.03. The van der Waals surface area contributed by atoms with Gasteiger partial charge in [-0.15, -0.1) is 12.4 Å². The molecule has 130 valence electrons. The van der Waals surface area contributed by atoms with E-state index in [1.54, 1.807) is 4.31 Å². The van der Waals surface area contributed by atoms with E-state index in [9.17, 15) is 13.2 Å². The van der Waals surface area contributed by atoms with Gasteiger partial charge in [-0.2, -0.15) is 4.31 Å². The first kappa shape index (κ1) is 19.9. The molecule has 0 spiro atoms. The van der Waals surface area contributed by atoms with Gasteiger partial charge in [-0.25, -0.2) is 8.42 Å². The lowest BCUT2D eigenvalue weighted by Gasteiger charge is -2.34. The summed E-state index contributed by atoms with van der Waals surface area (Å²) in [5.74, 6) is -0.233. The molecule has 0 saturated carbocycles. The van der Waals surface area contributed by atoms with Crippen LogP contribution in [-0.2, 0) is 10.0 Å². The Morgan fingerprint density at radius 3 is 2.52 bits per heavy atom. The molecule has 1 aromatic carbocycles. The van der Waals surface area contributed by atoms with E-state index < -0.39 is 10.0 Å². The number of sulfonamides is 1. The molecule has 1 aliphatic rings. The molecule has 0 aliphatic carbocycles. The molecular formula is C15H24ClN3O3S. The minimum Gasteiger partial charge on any atom is -0.355 e. The van der Waals surface area contributed by atoms with Crippen LogP contribution >= 0.6 is 12.4 Å². The van der Waals surface area contributed by atoms with Crippen molar-refractivity contribution in [2.75, 3.05) is 20.1 Å². The van der Waals surface area contributed by atoms with Gasteiger partial charge in [-0.05, 0) is 50.1 Å². The number of piperidine rings is 1. The zero-order chi connectivity index (χ0) is 16.2. The van der Waals surface area contributed by atoms with Crippen LogP contribution in [0.5, 0.6) is 0 Å². The van der Waals surface area contributed by atoms with Gasteiger partial charge in [0, 0.05) is 25.2 Å². The molecule has 0 radical (unpaired) electrons. The molecule has 1 amide bonds. The maximum absolute atomic E-state index is 12.8. The molecule has 1 unspecified atom stereocenters. The number of carbonyl (C=O) groups excluding carboxylic acids is 1. The van der Waals surface area contributed by atoms with E-state index in [1.807, 2.05) is 0 Å². The quantitative estimate of drug-likeness (QED) is 0.828. The highest BCUT2D eigenvalue weighted by atomic mass is 35.5. The van der Waals surface area contributed by atoms with Gasteiger partial charge in [0.1, 0.15) is 0 Å². The lowest BCUT2D eigenvalue weighted by atomic mass is 10.0. The largest absolute Gasteiger partial charge is 0.355 e. The zero-order valence-corrected chi connectivity index (χ0v) is 14.8. The van der Waals surface area contributed by atoms with Crippen molar-refractivity contribution in [2.24, 2.45) is 5.73 Å². The first-order chi connectivity index (χ1) is 10.5. The van der Waals surface area contributed by atoms with Crippen molar-refractivity contribution in [3.05, 3.63) is 29.8 Å². The molecule has 2 rings (SSSR count). The fourth-order valence-corrected chi connectivity index (χ4v) is 4.55. The first-order valence-corrected chi connectivity index (χ1v) is 8.98. The molecule has 6 nitrogen and oxygen atoms in total. The second-order valence-electron chi connectivity index (χ2n) is 5.45. The number of amides is 1. The van der Waals surface area contributed by atoms with Crippen LogP contribution in [0.4, 0.5) is 0 Å². The number of nitrogens with zero attached hydrogens (tertiary/aromatic N) is 1. The second kappa shape index (κ2) is 8.63. The predicted octanol–water partition coefficient (Wildman–Crippen LogP) is 1.36. The molecule has 1 aromatic rings. The smallest absolute Gasteiger partial charge is 0.251 e. The summed E-state index contributed by atoms with van der Waals surface area (Å²) in [4.78, 5) is 11.8. The second-order valence-corrected chi connectivity index (χ2v) is 7.34. The molecule has 1 fully saturated rings. The lowest BCUT2D eigenvalue weighted by molar-refractivity contribution is 0.0963. The zero-order valence-electron chi connectivity index (χ0n) is 13.2. The molecule has 1 saturated heterocycles. The van der Waals surface area contributed by atoms with Crippen molar-refractivity contribution in [1.82, 2.24) is 9.62 Å². The monoisotopic (exact) mass is 361 g/mol. The van der Waals surface area contributed by atoms with E-state index in [0.717, 1.165) is 19.3 Å². The van der Waals surface area contributed by atoms with Crippen LogP contribution in [-0.4, -0.2) is 44.8 Å². The molecule has 1 heterocycles. The third-order valence-corrected chi connectivity index (χ3v) is 5.99. The molecule has 0 bridgehead atoms. The van der Waals surface area contributed by atoms with Gasteiger partial charge in [-0.3, -0.25) is 4.79 Å². The van der Waals surface area contributed by atoms with Gasteiger partial charge in [-0.1, -0.05) is 6.42 Å². The van der Waals surface area contributed by atoms with Gasteiger partial charge in [0.15, 0.2) is 0 Å². The summed E-state index contributed by atoms with van der Waals surface area (Å²) >= 11 is 0. The maximum Gasteiger partial charge on any atom is 0.251 e. The molecule has 3 N–H and O–H groups in total. The Morgan fingerprint density at radius 2 is 1.96 bits per heavy atom. The van der Waals surface area contributed by atoms with Crippen molar-refractivity contribution in [3.63, 3.8) is 0 Å². The van der Waals surface area contributed by atoms with E-state index in [0.29, 0.717) is 25.1 Å². The molecule has 1 atom stereocenters. The number of carbonyl (C=O) groups is 1. The molecular weight excluding hydrogens is 338 g/mol. The van der Waals surface area contributed by atoms with E-state index >= 15 is 0 Å². The number of halogens is 1. The van der Waals surface area contributed by atoms with Gasteiger partial charge >= 0.3 is 0 Å². The summed E-state index contributed by atoms with van der Waals surface area (Å²) in [5, 5.41) is 2.51. The average molecular weight is 362 g/mol. The SMILES string of the molecule is CNC(=O)c1ccc(S(=O)(=O)N2CCCCC2CCN)cc1.Cl. The van der Waals surface area contributed by atoms with Crippen molar-refractivity contribution >= 4 is 28.3 Å². The Balaban J connectivity index is 0.00000264. The highest BCUT2D eigenvalue weighted by molar-refractivity contribution is 7.89. The van der Waals surface area contributed by atoms with Gasteiger partial charge in [0.2, 0.25) is 10.0 Å². The lowest BCUT2D eigenvalue weighted by Crippen LogP contribution is -2.44. The summed E-state index contributed by atoms with van der Waals surface area (Å²) in [5.41, 5.74) is 6.05. The topological polar surface area (TPSA) is 92.5 Å². The number of nitrogens with one attached hydrogen (secondary N) is 1. The summed E-state index contributed by atoms with van der Waals surface area (Å²) < 4.78 is 27.2. The average Bonchev–Trinajstić information content (AvgIpc) is 2.55. The Morgan fingerprint density at radius 1 is 1.30 bits per heavy atom. The van der Waals surface area contributed by atoms with Crippen LogP contribution in [0.3, 0.4) is 0 Å². The first-order valence-electron chi connectivity index (χ1n) is 7.54. The number of hydrogen-bond acceptors (Lipinski definition) is 4. The maximum atomic E-state index is 12.8. The minimum atomic E-state index is -3.54.